The van der Waals surface area contributed by atoms with E-state index in [9.17, 15) is 9.59 Å². The van der Waals surface area contributed by atoms with Crippen LogP contribution in [0.1, 0.15) is 40.9 Å². The largest absolute Gasteiger partial charge is 0.477 e. The summed E-state index contributed by atoms with van der Waals surface area (Å²) in [7, 11) is 1.47. The van der Waals surface area contributed by atoms with Crippen LogP contribution >= 0.6 is 0 Å². The Labute approximate surface area is 86.9 Å². The predicted molar refractivity (Wildman–Crippen MR) is 53.0 cm³/mol. The van der Waals surface area contributed by atoms with E-state index in [0.717, 1.165) is 0 Å². The number of hydrogen-bond acceptors (Lipinski definition) is 3. The molecule has 2 N–H and O–H groups in total. The van der Waals surface area contributed by atoms with Crippen molar-refractivity contribution in [2.24, 2.45) is 0 Å². The maximum atomic E-state index is 11.2. The Morgan fingerprint density at radius 2 is 2.13 bits per heavy atom. The van der Waals surface area contributed by atoms with Gasteiger partial charge in [0.25, 0.3) is 5.91 Å². The summed E-state index contributed by atoms with van der Waals surface area (Å²) >= 11 is 0. The van der Waals surface area contributed by atoms with Crippen molar-refractivity contribution in [3.63, 3.8) is 0 Å². The minimum Gasteiger partial charge on any atom is -0.477 e. The molecule has 0 aliphatic carbocycles. The third kappa shape index (κ3) is 2.15. The number of nitrogens with one attached hydrogen (secondary N) is 1. The quantitative estimate of drug-likeness (QED) is 0.763. The number of carboxylic acids is 1. The van der Waals surface area contributed by atoms with Gasteiger partial charge in [0.2, 0.25) is 0 Å². The van der Waals surface area contributed by atoms with Crippen molar-refractivity contribution in [1.29, 1.82) is 0 Å². The van der Waals surface area contributed by atoms with Crippen molar-refractivity contribution >= 4 is 11.9 Å². The highest BCUT2D eigenvalue weighted by Crippen LogP contribution is 2.11. The van der Waals surface area contributed by atoms with Gasteiger partial charge < -0.3 is 10.4 Å². The summed E-state index contributed by atoms with van der Waals surface area (Å²) in [6.07, 6.45) is 0. The van der Waals surface area contributed by atoms with E-state index in [2.05, 4.69) is 10.4 Å². The second-order valence-electron chi connectivity index (χ2n) is 3.34. The third-order valence-corrected chi connectivity index (χ3v) is 1.90. The summed E-state index contributed by atoms with van der Waals surface area (Å²) < 4.78 is 1.31. The summed E-state index contributed by atoms with van der Waals surface area (Å²) in [6, 6.07) is 1.16. The maximum Gasteiger partial charge on any atom is 0.354 e. The van der Waals surface area contributed by atoms with Crippen LogP contribution in [-0.4, -0.2) is 33.8 Å². The molecule has 6 heteroatoms. The number of carbonyl (C=O) groups is 2. The smallest absolute Gasteiger partial charge is 0.354 e. The van der Waals surface area contributed by atoms with Gasteiger partial charge >= 0.3 is 5.97 Å². The molecule has 0 atom stereocenters. The normalized spacial score (nSPS) is 10.4. The summed E-state index contributed by atoms with van der Waals surface area (Å²) in [6.45, 7) is 3.60. The zero-order valence-electron chi connectivity index (χ0n) is 8.81. The lowest BCUT2D eigenvalue weighted by atomic mass is 10.3. The van der Waals surface area contributed by atoms with E-state index in [0.29, 0.717) is 0 Å². The summed E-state index contributed by atoms with van der Waals surface area (Å²) in [5, 5.41) is 15.2. The summed E-state index contributed by atoms with van der Waals surface area (Å²) in [5.41, 5.74) is 0.132. The molecule has 1 aromatic heterocycles. The number of carboxylic acid groups (broad SMARTS) is 1. The molecule has 0 unspecified atom stereocenters. The minimum atomic E-state index is -1.09. The number of hydrogen-bond donors (Lipinski definition) is 2. The van der Waals surface area contributed by atoms with Gasteiger partial charge in [-0.1, -0.05) is 0 Å². The molecule has 1 aromatic rings. The minimum absolute atomic E-state index is 0.0172. The monoisotopic (exact) mass is 211 g/mol. The van der Waals surface area contributed by atoms with Gasteiger partial charge in [-0.15, -0.1) is 0 Å². The molecule has 0 saturated carbocycles. The second kappa shape index (κ2) is 4.12. The number of rotatable bonds is 3. The van der Waals surface area contributed by atoms with E-state index in [4.69, 9.17) is 5.11 Å². The van der Waals surface area contributed by atoms with E-state index < -0.39 is 11.9 Å². The Morgan fingerprint density at radius 3 is 2.47 bits per heavy atom. The molecule has 0 saturated heterocycles. The molecule has 82 valence electrons. The Hall–Kier alpha value is -1.85. The highest BCUT2D eigenvalue weighted by Gasteiger charge is 2.19. The van der Waals surface area contributed by atoms with Crippen molar-refractivity contribution in [3.05, 3.63) is 17.5 Å². The van der Waals surface area contributed by atoms with E-state index in [1.54, 1.807) is 13.8 Å². The average molecular weight is 211 g/mol. The van der Waals surface area contributed by atoms with Gasteiger partial charge in [0.1, 0.15) is 5.69 Å². The molecular weight excluding hydrogens is 198 g/mol. The van der Waals surface area contributed by atoms with Crippen LogP contribution in [-0.2, 0) is 0 Å². The third-order valence-electron chi connectivity index (χ3n) is 1.90. The van der Waals surface area contributed by atoms with Gasteiger partial charge in [-0.3, -0.25) is 9.48 Å². The van der Waals surface area contributed by atoms with E-state index in [1.807, 2.05) is 0 Å². The number of carbonyl (C=O) groups excluding carboxylic acids is 1. The molecule has 0 aromatic carbocycles. The van der Waals surface area contributed by atoms with Crippen LogP contribution < -0.4 is 5.32 Å². The van der Waals surface area contributed by atoms with Gasteiger partial charge in [0.15, 0.2) is 5.69 Å². The molecule has 0 fully saturated rings. The van der Waals surface area contributed by atoms with E-state index >= 15 is 0 Å². The van der Waals surface area contributed by atoms with Crippen LogP contribution in [0.2, 0.25) is 0 Å². The number of nitrogens with zero attached hydrogens (tertiary/aromatic N) is 2. The first kappa shape index (κ1) is 11.2. The molecule has 0 spiro atoms. The fourth-order valence-electron chi connectivity index (χ4n) is 1.19. The SMILES string of the molecule is CNC(=O)c1cc(C(=O)O)n(C(C)C)n1. The van der Waals surface area contributed by atoms with Gasteiger partial charge in [0, 0.05) is 19.2 Å². The van der Waals surface area contributed by atoms with E-state index in [-0.39, 0.29) is 17.4 Å². The lowest BCUT2D eigenvalue weighted by molar-refractivity contribution is 0.0681. The van der Waals surface area contributed by atoms with Gasteiger partial charge in [0.05, 0.1) is 0 Å². The maximum absolute atomic E-state index is 11.2. The van der Waals surface area contributed by atoms with Crippen molar-refractivity contribution in [2.45, 2.75) is 19.9 Å². The molecule has 0 radical (unpaired) electrons. The van der Waals surface area contributed by atoms with Crippen LogP contribution in [0.5, 0.6) is 0 Å². The first-order valence-electron chi connectivity index (χ1n) is 4.52. The number of aromatic nitrogens is 2. The molecule has 0 aliphatic rings. The molecule has 0 bridgehead atoms. The molecular formula is C9H13N3O3. The Kier molecular flexibility index (Phi) is 3.08. The van der Waals surface area contributed by atoms with Crippen LogP contribution in [0, 0.1) is 0 Å². The van der Waals surface area contributed by atoms with Crippen molar-refractivity contribution in [2.75, 3.05) is 7.05 Å². The molecule has 0 aliphatic heterocycles. The highest BCUT2D eigenvalue weighted by molar-refractivity contribution is 5.95. The lowest BCUT2D eigenvalue weighted by Gasteiger charge is -2.06. The molecule has 1 amide bonds. The second-order valence-corrected chi connectivity index (χ2v) is 3.34. The average Bonchev–Trinajstić information content (AvgIpc) is 2.61. The van der Waals surface area contributed by atoms with Crippen LogP contribution in [0.25, 0.3) is 0 Å². The van der Waals surface area contributed by atoms with Crippen LogP contribution in [0.3, 0.4) is 0 Å². The molecule has 1 heterocycles. The first-order chi connectivity index (χ1) is 6.97. The van der Waals surface area contributed by atoms with Gasteiger partial charge in [-0.05, 0) is 13.8 Å². The molecule has 1 rings (SSSR count). The molecule has 15 heavy (non-hydrogen) atoms. The fourth-order valence-corrected chi connectivity index (χ4v) is 1.19. The standard InChI is InChI=1S/C9H13N3O3/c1-5(2)12-7(9(14)15)4-6(11-12)8(13)10-3/h4-5H,1-3H3,(H,10,13)(H,14,15). The van der Waals surface area contributed by atoms with Crippen molar-refractivity contribution < 1.29 is 14.7 Å². The van der Waals surface area contributed by atoms with Gasteiger partial charge in [-0.2, -0.15) is 5.10 Å². The highest BCUT2D eigenvalue weighted by atomic mass is 16.4. The zero-order valence-corrected chi connectivity index (χ0v) is 8.81. The summed E-state index contributed by atoms with van der Waals surface area (Å²) in [5.74, 6) is -1.48. The Bertz CT molecular complexity index is 395. The summed E-state index contributed by atoms with van der Waals surface area (Å²) in [4.78, 5) is 22.1. The number of aromatic carboxylic acids is 1. The van der Waals surface area contributed by atoms with Crippen LogP contribution in [0.4, 0.5) is 0 Å². The van der Waals surface area contributed by atoms with Gasteiger partial charge in [-0.25, -0.2) is 4.79 Å². The Morgan fingerprint density at radius 1 is 1.53 bits per heavy atom. The van der Waals surface area contributed by atoms with Crippen molar-refractivity contribution in [1.82, 2.24) is 15.1 Å². The molecule has 6 nitrogen and oxygen atoms in total. The van der Waals surface area contributed by atoms with Crippen molar-refractivity contribution in [3.8, 4) is 0 Å². The predicted octanol–water partition coefficient (Wildman–Crippen LogP) is 0.522. The fraction of sp³-hybridized carbons (Fsp3) is 0.444. The Balaban J connectivity index is 3.21. The topological polar surface area (TPSA) is 84.2 Å². The number of amides is 1. The lowest BCUT2D eigenvalue weighted by Crippen LogP contribution is -2.19. The first-order valence-corrected chi connectivity index (χ1v) is 4.52. The van der Waals surface area contributed by atoms with Crippen LogP contribution in [0.15, 0.2) is 6.07 Å². The zero-order chi connectivity index (χ0) is 11.6. The van der Waals surface area contributed by atoms with E-state index in [1.165, 1.54) is 17.8 Å².